The zero-order chi connectivity index (χ0) is 15.4. The van der Waals surface area contributed by atoms with Crippen molar-refractivity contribution in [3.8, 4) is 0 Å². The average Bonchev–Trinajstić information content (AvgIpc) is 2.93. The van der Waals surface area contributed by atoms with Gasteiger partial charge in [0.1, 0.15) is 5.82 Å². The maximum Gasteiger partial charge on any atom is 0.306 e. The van der Waals surface area contributed by atoms with E-state index in [2.05, 4.69) is 15.5 Å². The molecule has 0 spiro atoms. The molecule has 0 aromatic carbocycles. The van der Waals surface area contributed by atoms with Crippen LogP contribution in [-0.2, 0) is 4.79 Å². The highest BCUT2D eigenvalue weighted by atomic mass is 16.4. The molecular weight excluding hydrogens is 272 g/mol. The lowest BCUT2D eigenvalue weighted by Gasteiger charge is -2.16. The van der Waals surface area contributed by atoms with E-state index in [1.165, 1.54) is 4.90 Å². The summed E-state index contributed by atoms with van der Waals surface area (Å²) in [7, 11) is 3.31. The first-order valence-corrected chi connectivity index (χ1v) is 7.01. The zero-order valence-electron chi connectivity index (χ0n) is 12.2. The summed E-state index contributed by atoms with van der Waals surface area (Å²) in [6.07, 6.45) is 2.60. The number of amides is 1. The summed E-state index contributed by atoms with van der Waals surface area (Å²) in [5.41, 5.74) is 0.287. The number of nitrogens with one attached hydrogen (secondary N) is 1. The van der Waals surface area contributed by atoms with Gasteiger partial charge in [-0.3, -0.25) is 9.59 Å². The smallest absolute Gasteiger partial charge is 0.306 e. The average molecular weight is 292 g/mol. The van der Waals surface area contributed by atoms with Gasteiger partial charge >= 0.3 is 5.97 Å². The molecule has 0 bridgehead atoms. The molecule has 114 valence electrons. The molecule has 1 aliphatic rings. The topological polar surface area (TPSA) is 95.4 Å². The first kappa shape index (κ1) is 15.2. The number of carboxylic acids is 1. The normalized spacial score (nSPS) is 21.0. The van der Waals surface area contributed by atoms with Crippen molar-refractivity contribution in [2.24, 2.45) is 11.8 Å². The van der Waals surface area contributed by atoms with E-state index in [4.69, 9.17) is 5.11 Å². The largest absolute Gasteiger partial charge is 0.481 e. The maximum absolute atomic E-state index is 11.7. The van der Waals surface area contributed by atoms with Crippen LogP contribution < -0.4 is 5.32 Å². The number of nitrogens with zero attached hydrogens (tertiary/aromatic N) is 3. The molecular formula is C14H20N4O3. The molecule has 1 heterocycles. The summed E-state index contributed by atoms with van der Waals surface area (Å²) in [5, 5.41) is 20.1. The van der Waals surface area contributed by atoms with Crippen molar-refractivity contribution in [3.63, 3.8) is 0 Å². The van der Waals surface area contributed by atoms with Crippen LogP contribution in [0.15, 0.2) is 12.1 Å². The maximum atomic E-state index is 11.7. The molecule has 0 aliphatic heterocycles. The second-order valence-corrected chi connectivity index (χ2v) is 5.52. The first-order valence-electron chi connectivity index (χ1n) is 7.01. The minimum Gasteiger partial charge on any atom is -0.481 e. The summed E-state index contributed by atoms with van der Waals surface area (Å²) in [6.45, 7) is 0.562. The highest BCUT2D eigenvalue weighted by Gasteiger charge is 2.32. The number of hydrogen-bond acceptors (Lipinski definition) is 5. The molecule has 1 saturated carbocycles. The lowest BCUT2D eigenvalue weighted by Crippen LogP contribution is -2.25. The molecule has 7 heteroatoms. The second kappa shape index (κ2) is 6.51. The fourth-order valence-electron chi connectivity index (χ4n) is 2.61. The standard InChI is InChI=1S/C14H20N4O3/c1-18(2)13(19)11-6-7-12(17-16-11)15-8-9-4-3-5-10(9)14(20)21/h6-7,9-10H,3-5,8H2,1-2H3,(H,15,17)(H,20,21). The monoisotopic (exact) mass is 292 g/mol. The van der Waals surface area contributed by atoms with Gasteiger partial charge in [-0.1, -0.05) is 6.42 Å². The molecule has 2 atom stereocenters. The lowest BCUT2D eigenvalue weighted by atomic mass is 9.96. The SMILES string of the molecule is CN(C)C(=O)c1ccc(NCC2CCCC2C(=O)O)nn1. The first-order chi connectivity index (χ1) is 9.99. The van der Waals surface area contributed by atoms with Gasteiger partial charge in [-0.2, -0.15) is 0 Å². The van der Waals surface area contributed by atoms with Gasteiger partial charge in [-0.15, -0.1) is 10.2 Å². The predicted octanol–water partition coefficient (Wildman–Crippen LogP) is 1.09. The van der Waals surface area contributed by atoms with Crippen LogP contribution in [0.1, 0.15) is 29.8 Å². The van der Waals surface area contributed by atoms with Crippen LogP contribution in [0.25, 0.3) is 0 Å². The van der Waals surface area contributed by atoms with Crippen molar-refractivity contribution in [2.75, 3.05) is 26.0 Å². The van der Waals surface area contributed by atoms with Crippen molar-refractivity contribution in [2.45, 2.75) is 19.3 Å². The van der Waals surface area contributed by atoms with Gasteiger partial charge in [-0.25, -0.2) is 0 Å². The Hall–Kier alpha value is -2.18. The summed E-state index contributed by atoms with van der Waals surface area (Å²) >= 11 is 0. The van der Waals surface area contributed by atoms with Crippen molar-refractivity contribution in [1.29, 1.82) is 0 Å². The Bertz CT molecular complexity index is 515. The van der Waals surface area contributed by atoms with Crippen molar-refractivity contribution in [1.82, 2.24) is 15.1 Å². The Kier molecular flexibility index (Phi) is 4.72. The van der Waals surface area contributed by atoms with E-state index in [1.807, 2.05) is 0 Å². The highest BCUT2D eigenvalue weighted by Crippen LogP contribution is 2.31. The molecule has 0 saturated heterocycles. The van der Waals surface area contributed by atoms with Gasteiger partial charge in [0, 0.05) is 20.6 Å². The van der Waals surface area contributed by atoms with E-state index in [9.17, 15) is 9.59 Å². The molecule has 1 aromatic heterocycles. The molecule has 2 unspecified atom stereocenters. The molecule has 1 aliphatic carbocycles. The minimum atomic E-state index is -0.725. The number of hydrogen-bond donors (Lipinski definition) is 2. The summed E-state index contributed by atoms with van der Waals surface area (Å²) in [4.78, 5) is 24.2. The zero-order valence-corrected chi connectivity index (χ0v) is 12.2. The molecule has 2 rings (SSSR count). The van der Waals surface area contributed by atoms with Crippen LogP contribution in [0, 0.1) is 11.8 Å². The van der Waals surface area contributed by atoms with Crippen LogP contribution in [0.2, 0.25) is 0 Å². The van der Waals surface area contributed by atoms with Crippen LogP contribution in [-0.4, -0.2) is 52.7 Å². The van der Waals surface area contributed by atoms with E-state index in [0.717, 1.165) is 19.3 Å². The summed E-state index contributed by atoms with van der Waals surface area (Å²) in [5.74, 6) is -0.526. The third-order valence-electron chi connectivity index (χ3n) is 3.81. The van der Waals surface area contributed by atoms with Gasteiger partial charge in [0.15, 0.2) is 5.69 Å². The Labute approximate surface area is 123 Å². The van der Waals surface area contributed by atoms with Gasteiger partial charge < -0.3 is 15.3 Å². The number of anilines is 1. The van der Waals surface area contributed by atoms with E-state index >= 15 is 0 Å². The van der Waals surface area contributed by atoms with Crippen LogP contribution >= 0.6 is 0 Å². The molecule has 1 amide bonds. The Morgan fingerprint density at radius 3 is 2.67 bits per heavy atom. The Morgan fingerprint density at radius 1 is 1.33 bits per heavy atom. The molecule has 7 nitrogen and oxygen atoms in total. The summed E-state index contributed by atoms with van der Waals surface area (Å²) < 4.78 is 0. The number of aromatic nitrogens is 2. The lowest BCUT2D eigenvalue weighted by molar-refractivity contribution is -0.142. The highest BCUT2D eigenvalue weighted by molar-refractivity contribution is 5.91. The fourth-order valence-corrected chi connectivity index (χ4v) is 2.61. The number of carbonyl (C=O) groups excluding carboxylic acids is 1. The number of carboxylic acid groups (broad SMARTS) is 1. The van der Waals surface area contributed by atoms with E-state index in [0.29, 0.717) is 12.4 Å². The van der Waals surface area contributed by atoms with Crippen LogP contribution in [0.3, 0.4) is 0 Å². The summed E-state index contributed by atoms with van der Waals surface area (Å²) in [6, 6.07) is 3.30. The van der Waals surface area contributed by atoms with Crippen molar-refractivity contribution < 1.29 is 14.7 Å². The van der Waals surface area contributed by atoms with Crippen molar-refractivity contribution >= 4 is 17.7 Å². The molecule has 0 radical (unpaired) electrons. The third kappa shape index (κ3) is 3.68. The number of aliphatic carboxylic acids is 1. The van der Waals surface area contributed by atoms with Gasteiger partial charge in [0.25, 0.3) is 5.91 Å². The number of rotatable bonds is 5. The van der Waals surface area contributed by atoms with Crippen LogP contribution in [0.4, 0.5) is 5.82 Å². The van der Waals surface area contributed by atoms with Gasteiger partial charge in [0.2, 0.25) is 0 Å². The van der Waals surface area contributed by atoms with E-state index in [-0.39, 0.29) is 23.4 Å². The second-order valence-electron chi connectivity index (χ2n) is 5.52. The fraction of sp³-hybridized carbons (Fsp3) is 0.571. The Morgan fingerprint density at radius 2 is 2.10 bits per heavy atom. The Balaban J connectivity index is 1.92. The predicted molar refractivity (Wildman–Crippen MR) is 77.0 cm³/mol. The molecule has 21 heavy (non-hydrogen) atoms. The van der Waals surface area contributed by atoms with Gasteiger partial charge in [-0.05, 0) is 30.9 Å². The molecule has 1 fully saturated rings. The van der Waals surface area contributed by atoms with Gasteiger partial charge in [0.05, 0.1) is 5.92 Å². The third-order valence-corrected chi connectivity index (χ3v) is 3.81. The quantitative estimate of drug-likeness (QED) is 0.843. The van der Waals surface area contributed by atoms with Crippen LogP contribution in [0.5, 0.6) is 0 Å². The minimum absolute atomic E-state index is 0.118. The molecule has 1 aromatic rings. The molecule has 2 N–H and O–H groups in total. The van der Waals surface area contributed by atoms with E-state index < -0.39 is 5.97 Å². The number of carbonyl (C=O) groups is 2. The van der Waals surface area contributed by atoms with Crippen molar-refractivity contribution in [3.05, 3.63) is 17.8 Å². The van der Waals surface area contributed by atoms with E-state index in [1.54, 1.807) is 26.2 Å².